The minimum atomic E-state index is -2.51. The highest BCUT2D eigenvalue weighted by atomic mass is 16.9. The number of ether oxygens (including phenoxy) is 2. The summed E-state index contributed by atoms with van der Waals surface area (Å²) in [7, 11) is 0. The van der Waals surface area contributed by atoms with Gasteiger partial charge in [-0.1, -0.05) is 109 Å². The lowest BCUT2D eigenvalue weighted by Gasteiger charge is -2.36. The molecule has 0 radical (unpaired) electrons. The van der Waals surface area contributed by atoms with E-state index in [1.807, 2.05) is 84.9 Å². The number of rotatable bonds is 8. The van der Waals surface area contributed by atoms with Gasteiger partial charge >= 0.3 is 13.5 Å². The van der Waals surface area contributed by atoms with Crippen molar-refractivity contribution in [2.45, 2.75) is 48.2 Å². The van der Waals surface area contributed by atoms with E-state index in [4.69, 9.17) is 37.4 Å². The molecule has 8 bridgehead atoms. The van der Waals surface area contributed by atoms with Gasteiger partial charge in [-0.15, -0.1) is 10.9 Å². The van der Waals surface area contributed by atoms with Gasteiger partial charge in [-0.3, -0.25) is 0 Å². The molecule has 0 saturated carbocycles. The van der Waals surface area contributed by atoms with Gasteiger partial charge in [0.1, 0.15) is 24.4 Å². The minimum absolute atomic E-state index is 0.0595. The van der Waals surface area contributed by atoms with Crippen LogP contribution in [0.2, 0.25) is 0 Å². The summed E-state index contributed by atoms with van der Waals surface area (Å²) in [5, 5.41) is 42.0. The number of benzene rings is 4. The Labute approximate surface area is 299 Å². The molecule has 0 aromatic heterocycles. The van der Waals surface area contributed by atoms with Gasteiger partial charge in [0.05, 0.1) is 25.4 Å². The number of aliphatic hydroxyl groups excluding tert-OH is 4. The number of hydrogen-bond acceptors (Lipinski definition) is 12. The first-order valence-corrected chi connectivity index (χ1v) is 17.6. The molecule has 2 unspecified atom stereocenters. The van der Waals surface area contributed by atoms with E-state index in [1.54, 1.807) is 0 Å². The molecule has 0 amide bonds. The predicted octanol–water partition coefficient (Wildman–Crippen LogP) is 0.774. The van der Waals surface area contributed by atoms with E-state index < -0.39 is 74.9 Å². The van der Waals surface area contributed by atoms with Crippen LogP contribution in [0.3, 0.4) is 0 Å². The molecule has 8 fully saturated rings. The first-order chi connectivity index (χ1) is 25.3. The molecule has 12 rings (SSSR count). The van der Waals surface area contributed by atoms with Gasteiger partial charge in [0, 0.05) is 13.2 Å². The second kappa shape index (κ2) is 11.9. The third-order valence-corrected chi connectivity index (χ3v) is 11.3. The Bertz CT molecular complexity index is 1870. The van der Waals surface area contributed by atoms with Crippen molar-refractivity contribution < 1.29 is 57.8 Å². The van der Waals surface area contributed by atoms with Crippen LogP contribution in [0.15, 0.2) is 109 Å². The van der Waals surface area contributed by atoms with Crippen LogP contribution in [0.25, 0.3) is 11.1 Å². The summed E-state index contributed by atoms with van der Waals surface area (Å²) in [6.45, 7) is -5.86. The zero-order chi connectivity index (χ0) is 35.3. The van der Waals surface area contributed by atoms with Gasteiger partial charge < -0.3 is 57.8 Å². The zero-order valence-corrected chi connectivity index (χ0v) is 27.9. The van der Waals surface area contributed by atoms with Crippen molar-refractivity contribution in [1.82, 2.24) is 0 Å². The van der Waals surface area contributed by atoms with Crippen LogP contribution < -0.4 is 10.9 Å². The summed E-state index contributed by atoms with van der Waals surface area (Å²) in [6.07, 6.45) is -5.09. The Morgan fingerprint density at radius 3 is 1.25 bits per heavy atom. The summed E-state index contributed by atoms with van der Waals surface area (Å²) in [6, 6.07) is 35.7. The number of aliphatic hydroxyl groups is 4. The fourth-order valence-corrected chi connectivity index (χ4v) is 8.78. The van der Waals surface area contributed by atoms with E-state index in [1.165, 1.54) is 0 Å². The van der Waals surface area contributed by atoms with Crippen LogP contribution in [-0.2, 0) is 37.4 Å². The average molecular weight is 706 g/mol. The Hall–Kier alpha value is -3.73. The summed E-state index contributed by atoms with van der Waals surface area (Å²) >= 11 is 0. The lowest BCUT2D eigenvalue weighted by molar-refractivity contribution is -0.193. The van der Waals surface area contributed by atoms with E-state index in [-0.39, 0.29) is 13.2 Å². The normalized spacial score (nSPS) is 38.8. The summed E-state index contributed by atoms with van der Waals surface area (Å²) in [4.78, 5) is 0. The van der Waals surface area contributed by atoms with Crippen molar-refractivity contribution in [2.24, 2.45) is 0 Å². The van der Waals surface area contributed by atoms with Crippen molar-refractivity contribution >= 4 is 35.6 Å². The number of fused-ring (bicyclic) bond motifs is 2. The molecule has 4 aromatic carbocycles. The maximum Gasteiger partial charge on any atom is 0.412 e. The molecule has 8 saturated heterocycles. The molecule has 14 heteroatoms. The van der Waals surface area contributed by atoms with Gasteiger partial charge in [0.2, 0.25) is 0 Å². The maximum absolute atomic E-state index is 10.8. The van der Waals surface area contributed by atoms with E-state index >= 15 is 0 Å². The SMILES string of the molecule is OC[C@@]12O[C@@H]3CO[B-](c4ccc(C(=C(c5ccccc5)c5ccc([B-]67OC[C@H]8O[C@@](CO)(O6)[C@@H](O7)[C@H]8O)cc5)c5ccccc5)cc4)(O[C@@H]1[C@@H]3O)O2. The zero-order valence-electron chi connectivity index (χ0n) is 27.9. The average Bonchev–Trinajstić information content (AvgIpc) is 3.69. The predicted molar refractivity (Wildman–Crippen MR) is 187 cm³/mol. The molecule has 8 heterocycles. The second-order valence-corrected chi connectivity index (χ2v) is 14.3. The van der Waals surface area contributed by atoms with Crippen LogP contribution in [0.1, 0.15) is 22.3 Å². The Balaban J connectivity index is 1.07. The largest absolute Gasteiger partial charge is 0.539 e. The fourth-order valence-electron chi connectivity index (χ4n) is 8.78. The Morgan fingerprint density at radius 2 is 0.904 bits per heavy atom. The number of hydrogen-bond donors (Lipinski definition) is 4. The van der Waals surface area contributed by atoms with E-state index in [9.17, 15) is 20.4 Å². The lowest BCUT2D eigenvalue weighted by Crippen LogP contribution is -2.54. The molecule has 0 spiro atoms. The minimum Gasteiger partial charge on any atom is -0.539 e. The highest BCUT2D eigenvalue weighted by Gasteiger charge is 2.67. The molecule has 10 atom stereocenters. The quantitative estimate of drug-likeness (QED) is 0.151. The fraction of sp³-hybridized carbons (Fsp3) is 0.316. The van der Waals surface area contributed by atoms with E-state index in [0.717, 1.165) is 33.4 Å². The van der Waals surface area contributed by atoms with Crippen LogP contribution >= 0.6 is 0 Å². The maximum atomic E-state index is 10.8. The molecule has 8 aliphatic rings. The van der Waals surface area contributed by atoms with Crippen molar-refractivity contribution in [1.29, 1.82) is 0 Å². The molecule has 52 heavy (non-hydrogen) atoms. The van der Waals surface area contributed by atoms with E-state index in [2.05, 4.69) is 24.3 Å². The smallest absolute Gasteiger partial charge is 0.412 e. The second-order valence-electron chi connectivity index (χ2n) is 14.3. The molecule has 0 aliphatic carbocycles. The monoisotopic (exact) mass is 706 g/mol. The van der Waals surface area contributed by atoms with E-state index in [0.29, 0.717) is 10.9 Å². The van der Waals surface area contributed by atoms with Crippen LogP contribution in [0.5, 0.6) is 0 Å². The van der Waals surface area contributed by atoms with Crippen LogP contribution in [0.4, 0.5) is 0 Å². The van der Waals surface area contributed by atoms with Crippen LogP contribution in [-0.4, -0.2) is 109 Å². The van der Waals surface area contributed by atoms with Crippen molar-refractivity contribution in [3.8, 4) is 0 Å². The highest BCUT2D eigenvalue weighted by Crippen LogP contribution is 2.48. The van der Waals surface area contributed by atoms with Crippen LogP contribution in [0, 0.1) is 0 Å². The third-order valence-electron chi connectivity index (χ3n) is 11.3. The highest BCUT2D eigenvalue weighted by molar-refractivity contribution is 6.76. The Morgan fingerprint density at radius 1 is 0.538 bits per heavy atom. The van der Waals surface area contributed by atoms with Crippen molar-refractivity contribution in [3.05, 3.63) is 131 Å². The molecule has 4 N–H and O–H groups in total. The van der Waals surface area contributed by atoms with Gasteiger partial charge in [0.25, 0.3) is 0 Å². The van der Waals surface area contributed by atoms with Gasteiger partial charge in [-0.25, -0.2) is 0 Å². The van der Waals surface area contributed by atoms with Crippen molar-refractivity contribution in [3.63, 3.8) is 0 Å². The van der Waals surface area contributed by atoms with Gasteiger partial charge in [-0.2, -0.15) is 0 Å². The lowest BCUT2D eigenvalue weighted by atomic mass is 9.68. The molecule has 8 aliphatic heterocycles. The molecular weight excluding hydrogens is 670 g/mol. The first kappa shape index (κ1) is 32.9. The molecular formula is C38H36B2O12-2. The standard InChI is InChI=1S/C38H36B2O12/c41-21-37-35-33(43)29(47-37)19-45-39(49-35,51-37)27-15-11-25(12-16-27)31(23-7-3-1-4-8-23)32(24-9-5-2-6-10-24)26-13-17-28(18-14-26)40-46-20-30-34(44)36(50-40)38(22-42,48-30)52-40/h1-18,29-30,33-36,41-44H,19-22H2/q-2/t29-,30-,33-,34+,35-,36+,37+,38+,39?,40?/m1/s1. The topological polar surface area (TPSA) is 155 Å². The summed E-state index contributed by atoms with van der Waals surface area (Å²) in [5.74, 6) is -2.99. The van der Waals surface area contributed by atoms with Gasteiger partial charge in [-0.05, 0) is 33.4 Å². The Kier molecular flexibility index (Phi) is 7.52. The van der Waals surface area contributed by atoms with Gasteiger partial charge in [0.15, 0.2) is 11.6 Å². The van der Waals surface area contributed by atoms with Crippen molar-refractivity contribution in [2.75, 3.05) is 26.4 Å². The first-order valence-electron chi connectivity index (χ1n) is 17.6. The molecule has 4 aromatic rings. The molecule has 268 valence electrons. The summed E-state index contributed by atoms with van der Waals surface area (Å²) in [5.41, 5.74) is 6.92. The molecule has 12 nitrogen and oxygen atoms in total. The third kappa shape index (κ3) is 4.68. The summed E-state index contributed by atoms with van der Waals surface area (Å²) < 4.78 is 49.1.